The molecule has 1 unspecified atom stereocenters. The Labute approximate surface area is 128 Å². The predicted molar refractivity (Wildman–Crippen MR) is 85.8 cm³/mol. The monoisotopic (exact) mass is 310 g/mol. The molecule has 0 bridgehead atoms. The van der Waals surface area contributed by atoms with Gasteiger partial charge in [0, 0.05) is 19.1 Å². The van der Waals surface area contributed by atoms with Gasteiger partial charge in [0.15, 0.2) is 0 Å². The van der Waals surface area contributed by atoms with Crippen molar-refractivity contribution < 1.29 is 8.42 Å². The van der Waals surface area contributed by atoms with Crippen LogP contribution in [0.1, 0.15) is 51.1 Å². The molecule has 1 aliphatic heterocycles. The fourth-order valence-electron chi connectivity index (χ4n) is 2.79. The van der Waals surface area contributed by atoms with Crippen molar-refractivity contribution in [1.29, 1.82) is 0 Å². The van der Waals surface area contributed by atoms with E-state index in [4.69, 9.17) is 0 Å². The first kappa shape index (κ1) is 16.5. The molecule has 0 amide bonds. The van der Waals surface area contributed by atoms with Gasteiger partial charge in [-0.15, -0.1) is 0 Å². The normalized spacial score (nSPS) is 18.0. The van der Waals surface area contributed by atoms with Crippen LogP contribution in [0.2, 0.25) is 0 Å². The SMILES string of the molecule is CCCNC(CC)c1cccc(S(=O)(=O)N2CCCC2)c1. The molecule has 0 saturated carbocycles. The minimum Gasteiger partial charge on any atom is -0.310 e. The van der Waals surface area contributed by atoms with Gasteiger partial charge in [0.2, 0.25) is 10.0 Å². The van der Waals surface area contributed by atoms with Gasteiger partial charge in [0.25, 0.3) is 0 Å². The molecule has 0 radical (unpaired) electrons. The van der Waals surface area contributed by atoms with Crippen LogP contribution in [-0.2, 0) is 10.0 Å². The largest absolute Gasteiger partial charge is 0.310 e. The summed E-state index contributed by atoms with van der Waals surface area (Å²) in [6.07, 6.45) is 3.96. The van der Waals surface area contributed by atoms with E-state index in [2.05, 4.69) is 19.2 Å². The molecule has 21 heavy (non-hydrogen) atoms. The van der Waals surface area contributed by atoms with Crippen molar-refractivity contribution in [3.8, 4) is 0 Å². The van der Waals surface area contributed by atoms with Gasteiger partial charge in [-0.2, -0.15) is 4.31 Å². The second kappa shape index (κ2) is 7.38. The van der Waals surface area contributed by atoms with Crippen molar-refractivity contribution in [3.63, 3.8) is 0 Å². The Bertz CT molecular complexity index is 551. The smallest absolute Gasteiger partial charge is 0.243 e. The minimum absolute atomic E-state index is 0.221. The highest BCUT2D eigenvalue weighted by molar-refractivity contribution is 7.89. The first-order valence-corrected chi connectivity index (χ1v) is 9.37. The van der Waals surface area contributed by atoms with Gasteiger partial charge in [0.05, 0.1) is 4.90 Å². The molecular formula is C16H26N2O2S. The molecule has 1 aromatic carbocycles. The first-order valence-electron chi connectivity index (χ1n) is 7.93. The number of sulfonamides is 1. The second-order valence-corrected chi connectivity index (χ2v) is 7.54. The Morgan fingerprint density at radius 1 is 1.24 bits per heavy atom. The molecule has 0 aliphatic carbocycles. The highest BCUT2D eigenvalue weighted by Gasteiger charge is 2.27. The maximum absolute atomic E-state index is 12.6. The summed E-state index contributed by atoms with van der Waals surface area (Å²) in [5.74, 6) is 0. The van der Waals surface area contributed by atoms with Crippen LogP contribution >= 0.6 is 0 Å². The van der Waals surface area contributed by atoms with E-state index in [1.165, 1.54) is 0 Å². The summed E-state index contributed by atoms with van der Waals surface area (Å²) in [5, 5.41) is 3.48. The summed E-state index contributed by atoms with van der Waals surface area (Å²) in [6.45, 7) is 6.50. The quantitative estimate of drug-likeness (QED) is 0.842. The second-order valence-electron chi connectivity index (χ2n) is 5.60. The molecule has 4 nitrogen and oxygen atoms in total. The Kier molecular flexibility index (Phi) is 5.79. The van der Waals surface area contributed by atoms with Crippen LogP contribution in [0.3, 0.4) is 0 Å². The van der Waals surface area contributed by atoms with E-state index in [-0.39, 0.29) is 6.04 Å². The Balaban J connectivity index is 2.24. The van der Waals surface area contributed by atoms with E-state index in [1.54, 1.807) is 10.4 Å². The highest BCUT2D eigenvalue weighted by Crippen LogP contribution is 2.24. The number of nitrogens with one attached hydrogen (secondary N) is 1. The topological polar surface area (TPSA) is 49.4 Å². The third kappa shape index (κ3) is 3.84. The molecule has 1 aromatic rings. The molecule has 1 aliphatic rings. The maximum Gasteiger partial charge on any atom is 0.243 e. The molecule has 0 spiro atoms. The lowest BCUT2D eigenvalue weighted by Gasteiger charge is -2.20. The van der Waals surface area contributed by atoms with Gasteiger partial charge < -0.3 is 5.32 Å². The van der Waals surface area contributed by atoms with Crippen LogP contribution in [0.15, 0.2) is 29.2 Å². The Morgan fingerprint density at radius 2 is 1.95 bits per heavy atom. The van der Waals surface area contributed by atoms with Gasteiger partial charge in [-0.1, -0.05) is 26.0 Å². The molecule has 1 saturated heterocycles. The Morgan fingerprint density at radius 3 is 2.57 bits per heavy atom. The van der Waals surface area contributed by atoms with Gasteiger partial charge in [-0.25, -0.2) is 8.42 Å². The fraction of sp³-hybridized carbons (Fsp3) is 0.625. The van der Waals surface area contributed by atoms with Crippen LogP contribution in [0.4, 0.5) is 0 Å². The van der Waals surface area contributed by atoms with Crippen molar-refractivity contribution in [1.82, 2.24) is 9.62 Å². The molecular weight excluding hydrogens is 284 g/mol. The first-order chi connectivity index (χ1) is 10.1. The van der Waals surface area contributed by atoms with Crippen LogP contribution in [0.25, 0.3) is 0 Å². The number of hydrogen-bond donors (Lipinski definition) is 1. The van der Waals surface area contributed by atoms with Crippen molar-refractivity contribution in [2.75, 3.05) is 19.6 Å². The summed E-state index contributed by atoms with van der Waals surface area (Å²) in [6, 6.07) is 7.64. The average Bonchev–Trinajstić information content (AvgIpc) is 3.03. The maximum atomic E-state index is 12.6. The summed E-state index contributed by atoms with van der Waals surface area (Å²) < 4.78 is 26.8. The predicted octanol–water partition coefficient (Wildman–Crippen LogP) is 2.92. The zero-order valence-corrected chi connectivity index (χ0v) is 13.8. The number of hydrogen-bond acceptors (Lipinski definition) is 3. The van der Waals surface area contributed by atoms with E-state index < -0.39 is 10.0 Å². The van der Waals surface area contributed by atoms with Crippen LogP contribution in [0.5, 0.6) is 0 Å². The Hall–Kier alpha value is -0.910. The van der Waals surface area contributed by atoms with Crippen LogP contribution in [-0.4, -0.2) is 32.4 Å². The van der Waals surface area contributed by atoms with Crippen LogP contribution < -0.4 is 5.32 Å². The van der Waals surface area contributed by atoms with Gasteiger partial charge in [-0.3, -0.25) is 0 Å². The third-order valence-electron chi connectivity index (χ3n) is 4.01. The molecule has 1 fully saturated rings. The lowest BCUT2D eigenvalue weighted by atomic mass is 10.0. The summed E-state index contributed by atoms with van der Waals surface area (Å²) in [4.78, 5) is 0.429. The van der Waals surface area contributed by atoms with Gasteiger partial charge in [0.1, 0.15) is 0 Å². The molecule has 5 heteroatoms. The lowest BCUT2D eigenvalue weighted by molar-refractivity contribution is 0.476. The average molecular weight is 310 g/mol. The van der Waals surface area contributed by atoms with E-state index in [0.29, 0.717) is 18.0 Å². The highest BCUT2D eigenvalue weighted by atomic mass is 32.2. The van der Waals surface area contributed by atoms with E-state index in [9.17, 15) is 8.42 Å². The van der Waals surface area contributed by atoms with Gasteiger partial charge in [-0.05, 0) is 49.9 Å². The lowest BCUT2D eigenvalue weighted by Crippen LogP contribution is -2.28. The minimum atomic E-state index is -3.32. The summed E-state index contributed by atoms with van der Waals surface area (Å²) in [5.41, 5.74) is 1.06. The number of nitrogens with zero attached hydrogens (tertiary/aromatic N) is 1. The third-order valence-corrected chi connectivity index (χ3v) is 5.91. The molecule has 1 N–H and O–H groups in total. The van der Waals surface area contributed by atoms with Crippen molar-refractivity contribution in [3.05, 3.63) is 29.8 Å². The van der Waals surface area contributed by atoms with Crippen LogP contribution in [0, 0.1) is 0 Å². The molecule has 1 heterocycles. The van der Waals surface area contributed by atoms with E-state index >= 15 is 0 Å². The zero-order chi connectivity index (χ0) is 15.3. The number of rotatable bonds is 7. The van der Waals surface area contributed by atoms with E-state index in [0.717, 1.165) is 37.8 Å². The summed E-state index contributed by atoms with van der Waals surface area (Å²) in [7, 11) is -3.32. The van der Waals surface area contributed by atoms with Crippen molar-refractivity contribution >= 4 is 10.0 Å². The summed E-state index contributed by atoms with van der Waals surface area (Å²) >= 11 is 0. The standard InChI is InChI=1S/C16H26N2O2S/c1-3-10-17-16(4-2)14-8-7-9-15(13-14)21(19,20)18-11-5-6-12-18/h7-9,13,16-17H,3-6,10-12H2,1-2H3. The number of benzene rings is 1. The van der Waals surface area contributed by atoms with Crippen molar-refractivity contribution in [2.45, 2.75) is 50.5 Å². The fourth-order valence-corrected chi connectivity index (χ4v) is 4.36. The molecule has 118 valence electrons. The van der Waals surface area contributed by atoms with Crippen molar-refractivity contribution in [2.24, 2.45) is 0 Å². The molecule has 0 aromatic heterocycles. The molecule has 2 rings (SSSR count). The van der Waals surface area contributed by atoms with E-state index in [1.807, 2.05) is 18.2 Å². The zero-order valence-electron chi connectivity index (χ0n) is 13.0. The molecule has 1 atom stereocenters. The van der Waals surface area contributed by atoms with Gasteiger partial charge >= 0.3 is 0 Å².